The van der Waals surface area contributed by atoms with Gasteiger partial charge in [0, 0.05) is 35.1 Å². The minimum Gasteiger partial charge on any atom is -0.326 e. The molecule has 1 aliphatic rings. The zero-order chi connectivity index (χ0) is 26.9. The van der Waals surface area contributed by atoms with Crippen molar-refractivity contribution in [2.75, 3.05) is 10.6 Å². The Bertz CT molecular complexity index is 1490. The minimum absolute atomic E-state index is 0.00431. The standard InChI is InChI=1S/C28H24F3N5O2/c1-17-5-9-23(34-26(37)12-18-3-2-4-22(11-18)28(29,30)31)13-24(17)36-16-21(15-33-36)20-8-10-25(32-14-20)35-27(38)19-6-7-19/h2-5,8-11,13-16,19H,6-7,12H2,1H3,(H,34,37)(H,32,35,38). The normalized spacial score (nSPS) is 13.3. The average Bonchev–Trinajstić information content (AvgIpc) is 3.62. The molecule has 10 heteroatoms. The maximum Gasteiger partial charge on any atom is 0.416 e. The van der Waals surface area contributed by atoms with E-state index in [4.69, 9.17) is 0 Å². The molecule has 2 amide bonds. The second kappa shape index (κ2) is 10.1. The van der Waals surface area contributed by atoms with Crippen molar-refractivity contribution in [3.63, 3.8) is 0 Å². The maximum absolute atomic E-state index is 13.0. The number of halogens is 3. The van der Waals surface area contributed by atoms with Gasteiger partial charge in [0.25, 0.3) is 0 Å². The molecular formula is C28H24F3N5O2. The van der Waals surface area contributed by atoms with Gasteiger partial charge in [-0.05, 0) is 61.2 Å². The van der Waals surface area contributed by atoms with E-state index in [1.807, 2.05) is 25.3 Å². The Kier molecular flexibility index (Phi) is 6.71. The highest BCUT2D eigenvalue weighted by molar-refractivity contribution is 5.93. The summed E-state index contributed by atoms with van der Waals surface area (Å²) in [6.07, 6.45) is 2.37. The van der Waals surface area contributed by atoms with Gasteiger partial charge in [-0.2, -0.15) is 18.3 Å². The third kappa shape index (κ3) is 5.91. The molecule has 0 unspecified atom stereocenters. The summed E-state index contributed by atoms with van der Waals surface area (Å²) in [4.78, 5) is 28.8. The molecule has 2 N–H and O–H groups in total. The predicted octanol–water partition coefficient (Wildman–Crippen LogP) is 5.79. The first-order valence-electron chi connectivity index (χ1n) is 12.0. The third-order valence-corrected chi connectivity index (χ3v) is 6.24. The molecule has 7 nitrogen and oxygen atoms in total. The molecule has 0 atom stereocenters. The molecule has 2 heterocycles. The molecule has 38 heavy (non-hydrogen) atoms. The van der Waals surface area contributed by atoms with Crippen molar-refractivity contribution in [2.24, 2.45) is 5.92 Å². The van der Waals surface area contributed by atoms with E-state index in [0.717, 1.165) is 47.4 Å². The van der Waals surface area contributed by atoms with Crippen LogP contribution >= 0.6 is 0 Å². The van der Waals surface area contributed by atoms with Crippen LogP contribution in [0, 0.1) is 12.8 Å². The number of nitrogens with one attached hydrogen (secondary N) is 2. The highest BCUT2D eigenvalue weighted by Gasteiger charge is 2.31. The highest BCUT2D eigenvalue weighted by Crippen LogP contribution is 2.31. The van der Waals surface area contributed by atoms with E-state index in [-0.39, 0.29) is 23.8 Å². The number of anilines is 2. The van der Waals surface area contributed by atoms with Crippen molar-refractivity contribution >= 4 is 23.3 Å². The number of hydrogen-bond acceptors (Lipinski definition) is 4. The van der Waals surface area contributed by atoms with Crippen molar-refractivity contribution < 1.29 is 22.8 Å². The Morgan fingerprint density at radius 1 is 1.00 bits per heavy atom. The largest absolute Gasteiger partial charge is 0.416 e. The lowest BCUT2D eigenvalue weighted by Crippen LogP contribution is -2.15. The molecule has 2 aromatic carbocycles. The molecule has 194 valence electrons. The van der Waals surface area contributed by atoms with Crippen molar-refractivity contribution in [1.82, 2.24) is 14.8 Å². The van der Waals surface area contributed by atoms with Crippen LogP contribution in [0.2, 0.25) is 0 Å². The molecule has 0 spiro atoms. The van der Waals surface area contributed by atoms with Crippen LogP contribution in [0.25, 0.3) is 16.8 Å². The van der Waals surface area contributed by atoms with Crippen LogP contribution in [0.5, 0.6) is 0 Å². The van der Waals surface area contributed by atoms with Crippen LogP contribution in [0.1, 0.15) is 29.5 Å². The highest BCUT2D eigenvalue weighted by atomic mass is 19.4. The third-order valence-electron chi connectivity index (χ3n) is 6.24. The Morgan fingerprint density at radius 2 is 1.82 bits per heavy atom. The number of hydrogen-bond donors (Lipinski definition) is 2. The van der Waals surface area contributed by atoms with Gasteiger partial charge in [0.2, 0.25) is 11.8 Å². The maximum atomic E-state index is 13.0. The summed E-state index contributed by atoms with van der Waals surface area (Å²) in [5.41, 5.74) is 3.26. The van der Waals surface area contributed by atoms with E-state index in [1.54, 1.807) is 35.3 Å². The molecule has 0 bridgehead atoms. The summed E-state index contributed by atoms with van der Waals surface area (Å²) >= 11 is 0. The number of pyridine rings is 1. The number of aryl methyl sites for hydroxylation is 1. The van der Waals surface area contributed by atoms with E-state index in [9.17, 15) is 22.8 Å². The summed E-state index contributed by atoms with van der Waals surface area (Å²) in [6.45, 7) is 1.91. The van der Waals surface area contributed by atoms with E-state index in [1.165, 1.54) is 12.1 Å². The number of nitrogens with zero attached hydrogens (tertiary/aromatic N) is 3. The molecular weight excluding hydrogens is 495 g/mol. The summed E-state index contributed by atoms with van der Waals surface area (Å²) < 4.78 is 40.6. The van der Waals surface area contributed by atoms with Gasteiger partial charge in [-0.25, -0.2) is 9.67 Å². The van der Waals surface area contributed by atoms with Gasteiger partial charge in [0.05, 0.1) is 23.9 Å². The molecule has 0 radical (unpaired) electrons. The monoisotopic (exact) mass is 519 g/mol. The quantitative estimate of drug-likeness (QED) is 0.323. The van der Waals surface area contributed by atoms with E-state index < -0.39 is 17.6 Å². The lowest BCUT2D eigenvalue weighted by atomic mass is 10.1. The summed E-state index contributed by atoms with van der Waals surface area (Å²) in [7, 11) is 0. The van der Waals surface area contributed by atoms with Gasteiger partial charge in [-0.15, -0.1) is 0 Å². The Morgan fingerprint density at radius 3 is 2.53 bits per heavy atom. The summed E-state index contributed by atoms with van der Waals surface area (Å²) in [5.74, 6) is 0.164. The van der Waals surface area contributed by atoms with Crippen LogP contribution in [-0.4, -0.2) is 26.6 Å². The fraction of sp³-hybridized carbons (Fsp3) is 0.214. The second-order valence-electron chi connectivity index (χ2n) is 9.29. The van der Waals surface area contributed by atoms with Crippen molar-refractivity contribution in [3.05, 3.63) is 89.9 Å². The Hall–Kier alpha value is -4.47. The molecule has 4 aromatic rings. The first-order valence-corrected chi connectivity index (χ1v) is 12.0. The van der Waals surface area contributed by atoms with Gasteiger partial charge < -0.3 is 10.6 Å². The van der Waals surface area contributed by atoms with Gasteiger partial charge >= 0.3 is 6.18 Å². The SMILES string of the molecule is Cc1ccc(NC(=O)Cc2cccc(C(F)(F)F)c2)cc1-n1cc(-c2ccc(NC(=O)C3CC3)nc2)cn1. The van der Waals surface area contributed by atoms with Crippen molar-refractivity contribution in [1.29, 1.82) is 0 Å². The number of carbonyl (C=O) groups is 2. The number of rotatable bonds is 7. The van der Waals surface area contributed by atoms with E-state index in [0.29, 0.717) is 11.5 Å². The zero-order valence-corrected chi connectivity index (χ0v) is 20.4. The average molecular weight is 520 g/mol. The Balaban J connectivity index is 1.27. The number of aromatic nitrogens is 3. The molecule has 1 aliphatic carbocycles. The van der Waals surface area contributed by atoms with Crippen LogP contribution < -0.4 is 10.6 Å². The molecule has 5 rings (SSSR count). The van der Waals surface area contributed by atoms with E-state index in [2.05, 4.69) is 20.7 Å². The number of alkyl halides is 3. The zero-order valence-electron chi connectivity index (χ0n) is 20.4. The van der Waals surface area contributed by atoms with Crippen LogP contribution in [0.3, 0.4) is 0 Å². The summed E-state index contributed by atoms with van der Waals surface area (Å²) in [5, 5.41) is 10.0. The number of amides is 2. The van der Waals surface area contributed by atoms with Crippen molar-refractivity contribution in [3.8, 4) is 16.8 Å². The minimum atomic E-state index is -4.47. The topological polar surface area (TPSA) is 88.9 Å². The molecule has 1 fully saturated rings. The smallest absolute Gasteiger partial charge is 0.326 e. The summed E-state index contributed by atoms with van der Waals surface area (Å²) in [6, 6.07) is 13.7. The van der Waals surface area contributed by atoms with Gasteiger partial charge in [-0.1, -0.05) is 24.3 Å². The fourth-order valence-electron chi connectivity index (χ4n) is 4.00. The first-order chi connectivity index (χ1) is 18.2. The van der Waals surface area contributed by atoms with E-state index >= 15 is 0 Å². The van der Waals surface area contributed by atoms with Crippen LogP contribution in [-0.2, 0) is 22.2 Å². The van der Waals surface area contributed by atoms with Gasteiger partial charge in [-0.3, -0.25) is 9.59 Å². The molecule has 0 saturated heterocycles. The van der Waals surface area contributed by atoms with Gasteiger partial charge in [0.15, 0.2) is 0 Å². The molecule has 1 saturated carbocycles. The molecule has 0 aliphatic heterocycles. The van der Waals surface area contributed by atoms with Gasteiger partial charge in [0.1, 0.15) is 5.82 Å². The number of benzene rings is 2. The Labute approximate surface area is 216 Å². The fourth-order valence-corrected chi connectivity index (χ4v) is 4.00. The van der Waals surface area contributed by atoms with Crippen molar-refractivity contribution in [2.45, 2.75) is 32.4 Å². The van der Waals surface area contributed by atoms with Crippen LogP contribution in [0.4, 0.5) is 24.7 Å². The lowest BCUT2D eigenvalue weighted by Gasteiger charge is -2.11. The number of carbonyl (C=O) groups excluding carboxylic acids is 2. The predicted molar refractivity (Wildman–Crippen MR) is 137 cm³/mol. The molecule has 2 aromatic heterocycles. The first kappa shape index (κ1) is 25.2. The lowest BCUT2D eigenvalue weighted by molar-refractivity contribution is -0.137. The second-order valence-corrected chi connectivity index (χ2v) is 9.29. The van der Waals surface area contributed by atoms with Crippen LogP contribution in [0.15, 0.2) is 73.2 Å².